The van der Waals surface area contributed by atoms with E-state index in [1.807, 2.05) is 0 Å². The first-order valence-corrected chi connectivity index (χ1v) is 4.66. The van der Waals surface area contributed by atoms with E-state index in [1.165, 1.54) is 7.05 Å². The van der Waals surface area contributed by atoms with Crippen molar-refractivity contribution >= 4 is 11.9 Å². The molecule has 1 amide bonds. The second-order valence-electron chi connectivity index (χ2n) is 3.31. The Bertz CT molecular complexity index is 385. The van der Waals surface area contributed by atoms with E-state index in [0.29, 0.717) is 0 Å². The zero-order valence-electron chi connectivity index (χ0n) is 9.14. The Balaban J connectivity index is 2.66. The second-order valence-corrected chi connectivity index (χ2v) is 3.31. The molecule has 0 aliphatic carbocycles. The van der Waals surface area contributed by atoms with E-state index in [9.17, 15) is 9.59 Å². The van der Waals surface area contributed by atoms with Crippen molar-refractivity contribution in [3.05, 3.63) is 29.8 Å². The van der Waals surface area contributed by atoms with Gasteiger partial charge in [-0.1, -0.05) is 12.1 Å². The standard InChI is InChI=1S/C11H13NO4/c1-12(10(13)11(14)15)7-8-3-5-9(16-2)6-4-8/h3-6H,7H2,1-2H3,(H,14,15). The molecule has 1 rings (SSSR count). The molecule has 16 heavy (non-hydrogen) atoms. The van der Waals surface area contributed by atoms with Gasteiger partial charge in [-0.3, -0.25) is 4.79 Å². The van der Waals surface area contributed by atoms with Gasteiger partial charge < -0.3 is 14.7 Å². The topological polar surface area (TPSA) is 66.8 Å². The molecule has 0 spiro atoms. The third-order valence-corrected chi connectivity index (χ3v) is 2.11. The number of carboxylic acid groups (broad SMARTS) is 1. The number of aliphatic carboxylic acids is 1. The predicted octanol–water partition coefficient (Wildman–Crippen LogP) is 0.738. The fraction of sp³-hybridized carbons (Fsp3) is 0.273. The van der Waals surface area contributed by atoms with E-state index < -0.39 is 11.9 Å². The van der Waals surface area contributed by atoms with Crippen molar-refractivity contribution in [2.24, 2.45) is 0 Å². The highest BCUT2D eigenvalue weighted by Crippen LogP contribution is 2.12. The lowest BCUT2D eigenvalue weighted by Crippen LogP contribution is -2.32. The van der Waals surface area contributed by atoms with Gasteiger partial charge in [0.15, 0.2) is 0 Å². The number of hydrogen-bond acceptors (Lipinski definition) is 3. The number of ether oxygens (including phenoxy) is 1. The maximum atomic E-state index is 11.1. The molecule has 1 aromatic rings. The molecule has 0 saturated carbocycles. The Morgan fingerprint density at radius 1 is 1.31 bits per heavy atom. The summed E-state index contributed by atoms with van der Waals surface area (Å²) in [5.41, 5.74) is 0.845. The fourth-order valence-corrected chi connectivity index (χ4v) is 1.24. The van der Waals surface area contributed by atoms with Crippen LogP contribution in [0.1, 0.15) is 5.56 Å². The summed E-state index contributed by atoms with van der Waals surface area (Å²) in [6, 6.07) is 7.08. The van der Waals surface area contributed by atoms with Crippen LogP contribution < -0.4 is 4.74 Å². The van der Waals surface area contributed by atoms with Crippen molar-refractivity contribution in [3.63, 3.8) is 0 Å². The first-order chi connectivity index (χ1) is 7.54. The van der Waals surface area contributed by atoms with E-state index in [2.05, 4.69) is 0 Å². The number of carboxylic acids is 1. The maximum absolute atomic E-state index is 11.1. The van der Waals surface area contributed by atoms with Crippen LogP contribution in [0.2, 0.25) is 0 Å². The van der Waals surface area contributed by atoms with Gasteiger partial charge in [-0.05, 0) is 17.7 Å². The molecule has 5 heteroatoms. The van der Waals surface area contributed by atoms with Gasteiger partial charge >= 0.3 is 11.9 Å². The van der Waals surface area contributed by atoms with Gasteiger partial charge in [-0.15, -0.1) is 0 Å². The minimum atomic E-state index is -1.45. The normalized spacial score (nSPS) is 9.62. The van der Waals surface area contributed by atoms with Crippen molar-refractivity contribution in [1.29, 1.82) is 0 Å². The molecule has 0 aromatic heterocycles. The van der Waals surface area contributed by atoms with Gasteiger partial charge in [-0.2, -0.15) is 0 Å². The van der Waals surface area contributed by atoms with Crippen molar-refractivity contribution < 1.29 is 19.4 Å². The summed E-state index contributed by atoms with van der Waals surface area (Å²) in [5, 5.41) is 8.50. The van der Waals surface area contributed by atoms with Crippen LogP contribution >= 0.6 is 0 Å². The van der Waals surface area contributed by atoms with Gasteiger partial charge in [0.1, 0.15) is 5.75 Å². The number of nitrogens with zero attached hydrogens (tertiary/aromatic N) is 1. The number of rotatable bonds is 3. The molecule has 0 aliphatic heterocycles. The number of methoxy groups -OCH3 is 1. The molecule has 0 atom stereocenters. The summed E-state index contributed by atoms with van der Waals surface area (Å²) >= 11 is 0. The summed E-state index contributed by atoms with van der Waals surface area (Å²) in [6.45, 7) is 0.259. The van der Waals surface area contributed by atoms with Crippen LogP contribution in [0.5, 0.6) is 5.75 Å². The lowest BCUT2D eigenvalue weighted by Gasteiger charge is -2.14. The molecule has 86 valence electrons. The molecule has 0 heterocycles. The monoisotopic (exact) mass is 223 g/mol. The summed E-state index contributed by atoms with van der Waals surface area (Å²) < 4.78 is 4.99. The molecule has 0 unspecified atom stereocenters. The molecule has 1 aromatic carbocycles. The van der Waals surface area contributed by atoms with E-state index in [0.717, 1.165) is 16.2 Å². The van der Waals surface area contributed by atoms with Crippen LogP contribution in [0.4, 0.5) is 0 Å². The van der Waals surface area contributed by atoms with Crippen molar-refractivity contribution in [2.75, 3.05) is 14.2 Å². The number of amides is 1. The Labute approximate surface area is 93.2 Å². The zero-order chi connectivity index (χ0) is 12.1. The molecule has 0 fully saturated rings. The number of carbonyl (C=O) groups excluding carboxylic acids is 1. The third-order valence-electron chi connectivity index (χ3n) is 2.11. The summed E-state index contributed by atoms with van der Waals surface area (Å²) in [4.78, 5) is 22.6. The molecular weight excluding hydrogens is 210 g/mol. The van der Waals surface area contributed by atoms with Crippen molar-refractivity contribution in [2.45, 2.75) is 6.54 Å². The van der Waals surface area contributed by atoms with E-state index in [4.69, 9.17) is 9.84 Å². The fourth-order valence-electron chi connectivity index (χ4n) is 1.24. The zero-order valence-corrected chi connectivity index (χ0v) is 9.14. The van der Waals surface area contributed by atoms with Gasteiger partial charge in [0, 0.05) is 13.6 Å². The molecular formula is C11H13NO4. The van der Waals surface area contributed by atoms with Crippen LogP contribution in [0.3, 0.4) is 0 Å². The van der Waals surface area contributed by atoms with Crippen LogP contribution in [-0.2, 0) is 16.1 Å². The van der Waals surface area contributed by atoms with Crippen molar-refractivity contribution in [3.8, 4) is 5.75 Å². The smallest absolute Gasteiger partial charge is 0.394 e. The van der Waals surface area contributed by atoms with Gasteiger partial charge in [-0.25, -0.2) is 4.79 Å². The SMILES string of the molecule is COc1ccc(CN(C)C(=O)C(=O)O)cc1. The molecule has 0 bridgehead atoms. The molecule has 5 nitrogen and oxygen atoms in total. The number of likely N-dealkylation sites (N-methyl/N-ethyl adjacent to an activating group) is 1. The van der Waals surface area contributed by atoms with Crippen molar-refractivity contribution in [1.82, 2.24) is 4.90 Å². The molecule has 1 N–H and O–H groups in total. The first-order valence-electron chi connectivity index (χ1n) is 4.66. The van der Waals surface area contributed by atoms with Crippen LogP contribution in [0.25, 0.3) is 0 Å². The minimum Gasteiger partial charge on any atom is -0.497 e. The molecule has 0 aliphatic rings. The third kappa shape index (κ3) is 2.98. The second kappa shape index (κ2) is 5.16. The Kier molecular flexibility index (Phi) is 3.88. The van der Waals surface area contributed by atoms with Gasteiger partial charge in [0.25, 0.3) is 0 Å². The van der Waals surface area contributed by atoms with E-state index in [-0.39, 0.29) is 6.54 Å². The van der Waals surface area contributed by atoms with E-state index in [1.54, 1.807) is 31.4 Å². The Morgan fingerprint density at radius 3 is 2.31 bits per heavy atom. The summed E-state index contributed by atoms with van der Waals surface area (Å²) in [6.07, 6.45) is 0. The number of hydrogen-bond donors (Lipinski definition) is 1. The number of carbonyl (C=O) groups is 2. The highest BCUT2D eigenvalue weighted by atomic mass is 16.5. The maximum Gasteiger partial charge on any atom is 0.394 e. The largest absolute Gasteiger partial charge is 0.497 e. The van der Waals surface area contributed by atoms with E-state index >= 15 is 0 Å². The molecule has 0 saturated heterocycles. The average molecular weight is 223 g/mol. The molecule has 0 radical (unpaired) electrons. The van der Waals surface area contributed by atoms with Gasteiger partial charge in [0.05, 0.1) is 7.11 Å². The van der Waals surface area contributed by atoms with Crippen LogP contribution in [-0.4, -0.2) is 36.0 Å². The van der Waals surface area contributed by atoms with Crippen LogP contribution in [0, 0.1) is 0 Å². The highest BCUT2D eigenvalue weighted by Gasteiger charge is 2.16. The quantitative estimate of drug-likeness (QED) is 0.767. The predicted molar refractivity (Wildman–Crippen MR) is 57.1 cm³/mol. The number of benzene rings is 1. The summed E-state index contributed by atoms with van der Waals surface area (Å²) in [7, 11) is 3.01. The minimum absolute atomic E-state index is 0.259. The summed E-state index contributed by atoms with van der Waals surface area (Å²) in [5.74, 6) is -1.65. The lowest BCUT2D eigenvalue weighted by atomic mass is 10.2. The average Bonchev–Trinajstić information content (AvgIpc) is 2.28. The highest BCUT2D eigenvalue weighted by molar-refractivity contribution is 6.31. The Hall–Kier alpha value is -2.04. The van der Waals surface area contributed by atoms with Gasteiger partial charge in [0.2, 0.25) is 0 Å². The first kappa shape index (κ1) is 12.0. The lowest BCUT2D eigenvalue weighted by molar-refractivity contribution is -0.155. The van der Waals surface area contributed by atoms with Crippen LogP contribution in [0.15, 0.2) is 24.3 Å². The Morgan fingerprint density at radius 2 is 1.88 bits per heavy atom.